The normalized spacial score (nSPS) is 42.2. The second-order valence-electron chi connectivity index (χ2n) is 9.00. The maximum Gasteiger partial charge on any atom is 0.330 e. The van der Waals surface area contributed by atoms with Crippen LogP contribution in [0.15, 0.2) is 48.7 Å². The number of carbonyl (C=O) groups excluding carboxylic acids is 1. The van der Waals surface area contributed by atoms with E-state index < -0.39 is 85.1 Å². The van der Waals surface area contributed by atoms with Crippen LogP contribution in [0.1, 0.15) is 5.56 Å². The number of hydrogen-bond donors (Lipinski definition) is 6. The van der Waals surface area contributed by atoms with Gasteiger partial charge in [-0.2, -0.15) is 0 Å². The van der Waals surface area contributed by atoms with Gasteiger partial charge in [0.2, 0.25) is 6.29 Å². The zero-order valence-electron chi connectivity index (χ0n) is 19.0. The summed E-state index contributed by atoms with van der Waals surface area (Å²) >= 11 is 6.38. The Labute approximate surface area is 211 Å². The van der Waals surface area contributed by atoms with E-state index in [0.29, 0.717) is 0 Å². The first-order chi connectivity index (χ1) is 17.2. The summed E-state index contributed by atoms with van der Waals surface area (Å²) in [5.74, 6) is -2.62. The minimum Gasteiger partial charge on any atom is -0.472 e. The third-order valence-electron chi connectivity index (χ3n) is 6.74. The second-order valence-corrected chi connectivity index (χ2v) is 9.48. The summed E-state index contributed by atoms with van der Waals surface area (Å²) in [5, 5.41) is 60.7. The first-order valence-electron chi connectivity index (χ1n) is 11.4. The quantitative estimate of drug-likeness (QED) is 0.143. The molecule has 11 atom stereocenters. The Kier molecular flexibility index (Phi) is 8.35. The lowest BCUT2D eigenvalue weighted by molar-refractivity contribution is -0.347. The molecule has 1 aromatic rings. The monoisotopic (exact) mass is 528 g/mol. The molecule has 12 heteroatoms. The van der Waals surface area contributed by atoms with E-state index in [1.54, 1.807) is 24.3 Å². The van der Waals surface area contributed by atoms with E-state index in [1.807, 2.05) is 6.07 Å². The maximum absolute atomic E-state index is 12.3. The van der Waals surface area contributed by atoms with Crippen molar-refractivity contribution in [2.45, 2.75) is 54.1 Å². The second kappa shape index (κ2) is 11.1. The van der Waals surface area contributed by atoms with E-state index in [-0.39, 0.29) is 0 Å². The van der Waals surface area contributed by atoms with Crippen LogP contribution in [0.3, 0.4) is 0 Å². The number of carbonyl (C=O) groups is 1. The molecule has 6 N–H and O–H groups in total. The highest BCUT2D eigenvalue weighted by Gasteiger charge is 2.64. The fraction of sp³-hybridized carbons (Fsp3) is 0.542. The number of hydrogen-bond acceptors (Lipinski definition) is 11. The van der Waals surface area contributed by atoms with Gasteiger partial charge in [-0.05, 0) is 17.7 Å². The van der Waals surface area contributed by atoms with Gasteiger partial charge in [-0.1, -0.05) is 30.3 Å². The molecule has 3 aliphatic rings. The van der Waals surface area contributed by atoms with E-state index in [1.165, 1.54) is 24.5 Å². The molecule has 1 saturated carbocycles. The average molecular weight is 529 g/mol. The van der Waals surface area contributed by atoms with Crippen LogP contribution >= 0.6 is 11.6 Å². The van der Waals surface area contributed by atoms with Crippen LogP contribution in [0.4, 0.5) is 0 Å². The van der Waals surface area contributed by atoms with Gasteiger partial charge in [0.25, 0.3) is 0 Å². The van der Waals surface area contributed by atoms with Crippen LogP contribution in [0, 0.1) is 11.8 Å². The van der Waals surface area contributed by atoms with E-state index in [4.69, 9.17) is 30.5 Å². The highest BCUT2D eigenvalue weighted by Crippen LogP contribution is 2.49. The number of esters is 1. The van der Waals surface area contributed by atoms with E-state index in [2.05, 4.69) is 0 Å². The van der Waals surface area contributed by atoms with Crippen molar-refractivity contribution < 1.29 is 54.4 Å². The number of benzene rings is 1. The van der Waals surface area contributed by atoms with Gasteiger partial charge in [-0.3, -0.25) is 0 Å². The van der Waals surface area contributed by atoms with Gasteiger partial charge >= 0.3 is 5.97 Å². The zero-order valence-corrected chi connectivity index (χ0v) is 19.7. The molecule has 1 saturated heterocycles. The maximum atomic E-state index is 12.3. The largest absolute Gasteiger partial charge is 0.472 e. The van der Waals surface area contributed by atoms with Crippen molar-refractivity contribution in [3.8, 4) is 0 Å². The molecule has 0 aromatic heterocycles. The van der Waals surface area contributed by atoms with Crippen LogP contribution in [-0.4, -0.2) is 104 Å². The third-order valence-corrected chi connectivity index (χ3v) is 7.38. The molecule has 198 valence electrons. The molecule has 2 aliphatic heterocycles. The van der Waals surface area contributed by atoms with Crippen molar-refractivity contribution in [2.24, 2.45) is 11.8 Å². The summed E-state index contributed by atoms with van der Waals surface area (Å²) in [6, 6.07) is 9.01. The lowest BCUT2D eigenvalue weighted by Crippen LogP contribution is -2.61. The standard InChI is InChI=1S/C24H29ClO11/c25-21-17(28)13-8-9-33-22(36-23-20(31)19(30)18(29)14(10-26)35-23)16(13)24(21,32)11-34-15(27)7-6-12-4-2-1-3-5-12/h1-9,13-14,16-23,26,28-32H,10-11H2. The minimum absolute atomic E-state index is 0.608. The van der Waals surface area contributed by atoms with Gasteiger partial charge in [0.05, 0.1) is 30.3 Å². The summed E-state index contributed by atoms with van der Waals surface area (Å²) in [6.07, 6.45) is -5.01. The fourth-order valence-electron chi connectivity index (χ4n) is 4.74. The van der Waals surface area contributed by atoms with Crippen molar-refractivity contribution in [3.63, 3.8) is 0 Å². The number of alkyl halides is 1. The number of ether oxygens (including phenoxy) is 4. The molecular weight excluding hydrogens is 500 g/mol. The third kappa shape index (κ3) is 5.17. The van der Waals surface area contributed by atoms with Gasteiger partial charge in [0, 0.05) is 12.0 Å². The predicted octanol–water partition coefficient (Wildman–Crippen LogP) is -1.13. The van der Waals surface area contributed by atoms with E-state index >= 15 is 0 Å². The van der Waals surface area contributed by atoms with Crippen molar-refractivity contribution in [1.82, 2.24) is 0 Å². The molecule has 2 heterocycles. The highest BCUT2D eigenvalue weighted by atomic mass is 35.5. The van der Waals surface area contributed by atoms with Gasteiger partial charge in [0.1, 0.15) is 36.6 Å². The molecule has 0 amide bonds. The predicted molar refractivity (Wildman–Crippen MR) is 123 cm³/mol. The molecule has 11 unspecified atom stereocenters. The summed E-state index contributed by atoms with van der Waals surface area (Å²) < 4.78 is 21.8. The average Bonchev–Trinajstić information content (AvgIpc) is 3.09. The van der Waals surface area contributed by atoms with E-state index in [0.717, 1.165) is 5.56 Å². The lowest BCUT2D eigenvalue weighted by Gasteiger charge is -2.44. The SMILES string of the molecule is O=C(C=Cc1ccccc1)OCC1(O)C(Cl)C(O)C2C=COC(OC3OC(CO)C(O)C(O)C3O)C21. The topological polar surface area (TPSA) is 175 Å². The van der Waals surface area contributed by atoms with Crippen LogP contribution in [-0.2, 0) is 23.7 Å². The Balaban J connectivity index is 1.49. The van der Waals surface area contributed by atoms with E-state index in [9.17, 15) is 35.4 Å². The smallest absolute Gasteiger partial charge is 0.330 e. The first-order valence-corrected chi connectivity index (χ1v) is 11.8. The zero-order chi connectivity index (χ0) is 26.0. The summed E-state index contributed by atoms with van der Waals surface area (Å²) in [5.41, 5.74) is -1.26. The van der Waals surface area contributed by atoms with Gasteiger partial charge in [-0.15, -0.1) is 11.6 Å². The Morgan fingerprint density at radius 3 is 2.47 bits per heavy atom. The Bertz CT molecular complexity index is 957. The number of aliphatic hydroxyl groups excluding tert-OH is 5. The number of aliphatic hydroxyl groups is 6. The fourth-order valence-corrected chi connectivity index (χ4v) is 5.11. The molecule has 2 fully saturated rings. The molecule has 11 nitrogen and oxygen atoms in total. The molecule has 0 bridgehead atoms. The van der Waals surface area contributed by atoms with Crippen molar-refractivity contribution >= 4 is 23.6 Å². The molecule has 0 radical (unpaired) electrons. The molecule has 1 aliphatic carbocycles. The lowest BCUT2D eigenvalue weighted by atomic mass is 9.84. The molecular formula is C24H29ClO11. The summed E-state index contributed by atoms with van der Waals surface area (Å²) in [6.45, 7) is -1.27. The van der Waals surface area contributed by atoms with Crippen LogP contribution < -0.4 is 0 Å². The number of fused-ring (bicyclic) bond motifs is 1. The Morgan fingerprint density at radius 1 is 1.06 bits per heavy atom. The molecule has 36 heavy (non-hydrogen) atoms. The van der Waals surface area contributed by atoms with Gasteiger partial charge < -0.3 is 49.6 Å². The highest BCUT2D eigenvalue weighted by molar-refractivity contribution is 6.22. The molecule has 0 spiro atoms. The van der Waals surface area contributed by atoms with Crippen molar-refractivity contribution in [2.75, 3.05) is 13.2 Å². The van der Waals surface area contributed by atoms with Crippen molar-refractivity contribution in [3.05, 3.63) is 54.3 Å². The first kappa shape index (κ1) is 27.0. The number of rotatable bonds is 7. The van der Waals surface area contributed by atoms with Crippen LogP contribution in [0.25, 0.3) is 6.08 Å². The Morgan fingerprint density at radius 2 is 1.78 bits per heavy atom. The minimum atomic E-state index is -2.02. The van der Waals surface area contributed by atoms with Gasteiger partial charge in [0.15, 0.2) is 6.29 Å². The van der Waals surface area contributed by atoms with Crippen LogP contribution in [0.2, 0.25) is 0 Å². The molecule has 1 aromatic carbocycles. The summed E-state index contributed by atoms with van der Waals surface area (Å²) in [7, 11) is 0. The Hall–Kier alpha value is -2.06. The number of halogens is 1. The summed E-state index contributed by atoms with van der Waals surface area (Å²) in [4.78, 5) is 12.3. The van der Waals surface area contributed by atoms with Crippen molar-refractivity contribution in [1.29, 1.82) is 0 Å². The van der Waals surface area contributed by atoms with Crippen LogP contribution in [0.5, 0.6) is 0 Å². The molecule has 4 rings (SSSR count). The van der Waals surface area contributed by atoms with Gasteiger partial charge in [-0.25, -0.2) is 4.79 Å².